The molecular weight excluding hydrogens is 789 g/mol. The molecule has 0 bridgehead atoms. The zero-order valence-electron chi connectivity index (χ0n) is 36.0. The van der Waals surface area contributed by atoms with Gasteiger partial charge in [-0.3, -0.25) is 14.4 Å². The normalized spacial score (nSPS) is 22.2. The maximum atomic E-state index is 14.7. The number of aryl methyl sites for hydroxylation is 2. The van der Waals surface area contributed by atoms with Crippen LogP contribution in [-0.4, -0.2) is 93.2 Å². The van der Waals surface area contributed by atoms with Crippen LogP contribution in [0.3, 0.4) is 0 Å². The van der Waals surface area contributed by atoms with E-state index < -0.39 is 58.9 Å². The molecule has 324 valence electrons. The fraction of sp³-hybridized carbons (Fsp3) is 0.568. The predicted molar refractivity (Wildman–Crippen MR) is 228 cm³/mol. The van der Waals surface area contributed by atoms with Gasteiger partial charge in [-0.1, -0.05) is 47.6 Å². The molecule has 3 fully saturated rings. The van der Waals surface area contributed by atoms with Crippen molar-refractivity contribution in [2.45, 2.75) is 130 Å². The van der Waals surface area contributed by atoms with E-state index in [1.54, 1.807) is 18.6 Å². The summed E-state index contributed by atoms with van der Waals surface area (Å²) in [6, 6.07) is 1.42. The van der Waals surface area contributed by atoms with Crippen molar-refractivity contribution < 1.29 is 43.3 Å². The number of hydrogen-bond acceptors (Lipinski definition) is 11. The van der Waals surface area contributed by atoms with Gasteiger partial charge in [0, 0.05) is 41.2 Å². The van der Waals surface area contributed by atoms with Crippen molar-refractivity contribution in [3.05, 3.63) is 41.3 Å². The van der Waals surface area contributed by atoms with Gasteiger partial charge in [-0.25, -0.2) is 19.6 Å². The number of likely N-dealkylation sites (tertiary alicyclic amines) is 1. The Bertz CT molecular complexity index is 2190. The van der Waals surface area contributed by atoms with Gasteiger partial charge in [-0.05, 0) is 68.4 Å². The number of carboxylic acids is 1. The maximum Gasteiger partial charge on any atom is 0.408 e. The molecule has 0 spiro atoms. The number of carbonyl (C=O) groups is 5. The third-order valence-corrected chi connectivity index (χ3v) is 12.2. The smallest absolute Gasteiger partial charge is 0.408 e. The number of fused-ring (bicyclic) bond motifs is 1. The van der Waals surface area contributed by atoms with Crippen LogP contribution < -0.4 is 25.4 Å². The first-order valence-corrected chi connectivity index (χ1v) is 21.4. The lowest BCUT2D eigenvalue weighted by Crippen LogP contribution is -2.59. The number of benzene rings is 1. The molecule has 3 heterocycles. The molecule has 16 heteroatoms. The molecule has 3 aromatic rings. The second-order valence-corrected chi connectivity index (χ2v) is 19.5. The number of anilines is 1. The van der Waals surface area contributed by atoms with Crippen molar-refractivity contribution in [2.24, 2.45) is 16.7 Å². The lowest BCUT2D eigenvalue weighted by Gasteiger charge is -2.35. The van der Waals surface area contributed by atoms with Crippen LogP contribution >= 0.6 is 11.3 Å². The molecule has 60 heavy (non-hydrogen) atoms. The van der Waals surface area contributed by atoms with Crippen molar-refractivity contribution in [2.75, 3.05) is 19.0 Å². The number of nitrogens with zero attached hydrogens (tertiary/aromatic N) is 3. The highest BCUT2D eigenvalue weighted by molar-refractivity contribution is 7.14. The van der Waals surface area contributed by atoms with Crippen molar-refractivity contribution in [1.82, 2.24) is 25.5 Å². The highest BCUT2D eigenvalue weighted by Gasteiger charge is 2.61. The predicted octanol–water partition coefficient (Wildman–Crippen LogP) is 6.94. The van der Waals surface area contributed by atoms with Gasteiger partial charge in [0.15, 0.2) is 5.13 Å². The molecule has 3 aliphatic rings. The summed E-state index contributed by atoms with van der Waals surface area (Å²) in [5.74, 6) is -1.94. The largest absolute Gasteiger partial charge is 0.496 e. The molecule has 1 aliphatic heterocycles. The fourth-order valence-electron chi connectivity index (χ4n) is 8.28. The number of aliphatic carboxylic acids is 1. The molecule has 2 aliphatic carbocycles. The van der Waals surface area contributed by atoms with Crippen LogP contribution in [0, 0.1) is 30.6 Å². The second kappa shape index (κ2) is 17.0. The highest BCUT2D eigenvalue weighted by atomic mass is 32.1. The van der Waals surface area contributed by atoms with Crippen LogP contribution in [0.25, 0.3) is 22.3 Å². The number of hydrogen-bond donors (Lipinski definition) is 4. The first-order valence-electron chi connectivity index (χ1n) is 20.5. The quantitative estimate of drug-likeness (QED) is 0.130. The minimum Gasteiger partial charge on any atom is -0.496 e. The summed E-state index contributed by atoms with van der Waals surface area (Å²) in [6.45, 7) is 18.9. The molecular formula is C44H58N6O9S. The molecule has 5 atom stereocenters. The van der Waals surface area contributed by atoms with Gasteiger partial charge in [-0.2, -0.15) is 0 Å². The lowest BCUT2D eigenvalue weighted by molar-refractivity contribution is -0.146. The third-order valence-electron chi connectivity index (χ3n) is 11.5. The molecule has 2 saturated carbocycles. The number of alkyl carbamates (subject to hydrolysis) is 1. The summed E-state index contributed by atoms with van der Waals surface area (Å²) in [5.41, 5.74) is 0.595. The summed E-state index contributed by atoms with van der Waals surface area (Å²) in [7, 11) is 1.59. The van der Waals surface area contributed by atoms with E-state index in [4.69, 9.17) is 19.2 Å². The van der Waals surface area contributed by atoms with E-state index >= 15 is 0 Å². The Kier molecular flexibility index (Phi) is 12.6. The van der Waals surface area contributed by atoms with E-state index in [-0.39, 0.29) is 36.8 Å². The third kappa shape index (κ3) is 9.53. The average molecular weight is 847 g/mol. The van der Waals surface area contributed by atoms with Gasteiger partial charge >= 0.3 is 12.1 Å². The number of ether oxygens (including phenoxy) is 3. The van der Waals surface area contributed by atoms with Gasteiger partial charge in [0.2, 0.25) is 17.7 Å². The minimum atomic E-state index is -1.54. The van der Waals surface area contributed by atoms with Gasteiger partial charge in [0.05, 0.1) is 24.9 Å². The standard InChI is InChI=1S/C44H58N6O9S/c1-11-25-19-44(25,39(54)55)49-37(52)31-17-27(21-50(31)38(53)36(43(7,8)9)48-41(56)59-26-14-12-13-15-26)58-32-18-29(45-34-24(3)35(57-10)23(2)16-28(32)34)30-22-60-40(46-30)47-33(51)20-42(4,5)6/h11,16,18,22,25-27,31,36H,1,12-15,17,19-21H2,2-10H3,(H,48,56)(H,49,52)(H,54,55)(H,46,47,51)/t25?,27-,31+,36-,44-/m1/s1. The zero-order valence-corrected chi connectivity index (χ0v) is 36.8. The minimum absolute atomic E-state index is 0.0172. The topological polar surface area (TPSA) is 198 Å². The van der Waals surface area contributed by atoms with Crippen molar-refractivity contribution in [3.8, 4) is 22.9 Å². The zero-order chi connectivity index (χ0) is 43.9. The van der Waals surface area contributed by atoms with E-state index in [1.165, 1.54) is 22.3 Å². The van der Waals surface area contributed by atoms with Gasteiger partial charge in [-0.15, -0.1) is 17.9 Å². The van der Waals surface area contributed by atoms with E-state index in [2.05, 4.69) is 27.5 Å². The molecule has 4 N–H and O–H groups in total. The molecule has 1 aromatic carbocycles. The van der Waals surface area contributed by atoms with Crippen LogP contribution in [0.5, 0.6) is 11.5 Å². The van der Waals surface area contributed by atoms with Crippen LogP contribution in [0.4, 0.5) is 9.93 Å². The number of methoxy groups -OCH3 is 1. The molecule has 0 radical (unpaired) electrons. The number of aromatic nitrogens is 2. The summed E-state index contributed by atoms with van der Waals surface area (Å²) < 4.78 is 18.2. The summed E-state index contributed by atoms with van der Waals surface area (Å²) in [5, 5.41) is 21.4. The molecule has 1 saturated heterocycles. The van der Waals surface area contributed by atoms with Gasteiger partial charge in [0.25, 0.3) is 0 Å². The summed E-state index contributed by atoms with van der Waals surface area (Å²) in [4.78, 5) is 78.4. The second-order valence-electron chi connectivity index (χ2n) is 18.6. The van der Waals surface area contributed by atoms with Gasteiger partial charge in [0.1, 0.15) is 47.0 Å². The van der Waals surface area contributed by atoms with Crippen LogP contribution in [-0.2, 0) is 23.9 Å². The SMILES string of the molecule is C=CC1C[C@]1(NC(=O)[C@@H]1C[C@@H](Oc2cc(-c3csc(NC(=O)CC(C)(C)C)n3)nc3c(C)c(OC)c(C)cc23)CN1C(=O)[C@@H](NC(=O)OC1CCCC1)C(C)(C)C)C(=O)O. The van der Waals surface area contributed by atoms with Crippen LogP contribution in [0.1, 0.15) is 97.6 Å². The van der Waals surface area contributed by atoms with E-state index in [0.29, 0.717) is 45.3 Å². The fourth-order valence-corrected chi connectivity index (χ4v) is 9.00. The van der Waals surface area contributed by atoms with Crippen molar-refractivity contribution in [1.29, 1.82) is 0 Å². The number of thiazole rings is 1. The Morgan fingerprint density at radius 1 is 1.05 bits per heavy atom. The average Bonchev–Trinajstić information content (AvgIpc) is 3.56. The van der Waals surface area contributed by atoms with Crippen molar-refractivity contribution in [3.63, 3.8) is 0 Å². The molecule has 2 aromatic heterocycles. The highest BCUT2D eigenvalue weighted by Crippen LogP contribution is 2.45. The van der Waals surface area contributed by atoms with Gasteiger partial charge < -0.3 is 40.2 Å². The first-order chi connectivity index (χ1) is 28.1. The number of nitrogens with one attached hydrogen (secondary N) is 3. The molecule has 15 nitrogen and oxygen atoms in total. The van der Waals surface area contributed by atoms with Crippen LogP contribution in [0.15, 0.2) is 30.2 Å². The lowest BCUT2D eigenvalue weighted by atomic mass is 9.85. The van der Waals surface area contributed by atoms with Crippen LogP contribution in [0.2, 0.25) is 0 Å². The van der Waals surface area contributed by atoms with E-state index in [9.17, 15) is 29.1 Å². The first kappa shape index (κ1) is 44.3. The Morgan fingerprint density at radius 3 is 2.35 bits per heavy atom. The number of carbonyl (C=O) groups excluding carboxylic acids is 4. The monoisotopic (exact) mass is 846 g/mol. The molecule has 1 unspecified atom stereocenters. The molecule has 4 amide bonds. The number of carboxylic acid groups (broad SMARTS) is 1. The Labute approximate surface area is 355 Å². The summed E-state index contributed by atoms with van der Waals surface area (Å²) >= 11 is 1.27. The van der Waals surface area contributed by atoms with E-state index in [0.717, 1.165) is 36.8 Å². The Morgan fingerprint density at radius 2 is 1.75 bits per heavy atom. The van der Waals surface area contributed by atoms with E-state index in [1.807, 2.05) is 61.5 Å². The Hall–Kier alpha value is -5.25. The number of pyridine rings is 1. The number of amides is 4. The number of rotatable bonds is 13. The molecule has 6 rings (SSSR count). The Balaban J connectivity index is 1.35. The maximum absolute atomic E-state index is 14.7. The summed E-state index contributed by atoms with van der Waals surface area (Å²) in [6.07, 6.45) is 3.72. The van der Waals surface area contributed by atoms with Crippen molar-refractivity contribution >= 4 is 57.2 Å².